The summed E-state index contributed by atoms with van der Waals surface area (Å²) in [7, 11) is -3.99. The highest BCUT2D eigenvalue weighted by Gasteiger charge is 2.34. The average Bonchev–Trinajstić information content (AvgIpc) is 3.05. The van der Waals surface area contributed by atoms with Gasteiger partial charge in [-0.3, -0.25) is 9.89 Å². The number of aromatic amines is 1. The number of nitrogens with one attached hydrogen (secondary N) is 1. The van der Waals surface area contributed by atoms with Crippen molar-refractivity contribution in [2.24, 2.45) is 0 Å². The smallest absolute Gasteiger partial charge is 0.290 e. The second kappa shape index (κ2) is 8.12. The van der Waals surface area contributed by atoms with E-state index in [0.29, 0.717) is 11.3 Å². The maximum absolute atomic E-state index is 13.5. The molecule has 0 amide bonds. The third-order valence-corrected chi connectivity index (χ3v) is 7.69. The lowest BCUT2D eigenvalue weighted by molar-refractivity contribution is -0.137. The Hall–Kier alpha value is -3.86. The van der Waals surface area contributed by atoms with E-state index in [4.69, 9.17) is 0 Å². The van der Waals surface area contributed by atoms with Crippen molar-refractivity contribution < 1.29 is 21.6 Å². The van der Waals surface area contributed by atoms with Gasteiger partial charge in [-0.25, -0.2) is 22.4 Å². The van der Waals surface area contributed by atoms with Crippen LogP contribution >= 0.6 is 0 Å². The van der Waals surface area contributed by atoms with Gasteiger partial charge < -0.3 is 0 Å². The molecule has 0 fully saturated rings. The van der Waals surface area contributed by atoms with Crippen LogP contribution in [-0.4, -0.2) is 29.7 Å². The zero-order valence-electron chi connectivity index (χ0n) is 18.4. The fraction of sp³-hybridized carbons (Fsp3) is 0.167. The Balaban J connectivity index is 1.64. The van der Waals surface area contributed by atoms with Gasteiger partial charge in [-0.1, -0.05) is 23.8 Å². The number of alkyl halides is 3. The summed E-state index contributed by atoms with van der Waals surface area (Å²) in [6.07, 6.45) is -3.08. The van der Waals surface area contributed by atoms with E-state index in [1.54, 1.807) is 24.3 Å². The Labute approximate surface area is 198 Å². The number of H-pyrrole nitrogens is 1. The Morgan fingerprint density at radius 3 is 2.49 bits per heavy atom. The molecule has 0 aliphatic carbocycles. The second-order valence-electron chi connectivity index (χ2n) is 8.17. The molecule has 0 saturated carbocycles. The first kappa shape index (κ1) is 22.9. The van der Waals surface area contributed by atoms with Crippen molar-refractivity contribution in [3.05, 3.63) is 93.9 Å². The molecule has 0 saturated heterocycles. The van der Waals surface area contributed by atoms with Crippen molar-refractivity contribution >= 4 is 15.8 Å². The predicted octanol–water partition coefficient (Wildman–Crippen LogP) is 4.31. The van der Waals surface area contributed by atoms with Gasteiger partial charge in [-0.05, 0) is 55.8 Å². The van der Waals surface area contributed by atoms with E-state index in [-0.39, 0.29) is 34.9 Å². The summed E-state index contributed by atoms with van der Waals surface area (Å²) >= 11 is 0. The number of hydrogen-bond donors (Lipinski definition) is 1. The van der Waals surface area contributed by atoms with Crippen molar-refractivity contribution in [1.82, 2.24) is 14.8 Å². The van der Waals surface area contributed by atoms with E-state index in [1.165, 1.54) is 30.5 Å². The molecule has 0 atom stereocenters. The molecule has 180 valence electrons. The lowest BCUT2D eigenvalue weighted by Crippen LogP contribution is -2.34. The molecule has 3 heterocycles. The molecule has 1 aliphatic rings. The molecule has 0 radical (unpaired) electrons. The quantitative estimate of drug-likeness (QED) is 0.454. The van der Waals surface area contributed by atoms with Crippen molar-refractivity contribution in [3.8, 4) is 16.9 Å². The third-order valence-electron chi connectivity index (χ3n) is 5.88. The molecule has 0 spiro atoms. The van der Waals surface area contributed by atoms with Crippen molar-refractivity contribution in [2.45, 2.75) is 24.4 Å². The number of halogens is 3. The number of anilines is 1. The lowest BCUT2D eigenvalue weighted by Gasteiger charge is -2.23. The molecule has 1 N–H and O–H groups in total. The average molecular weight is 501 g/mol. The van der Waals surface area contributed by atoms with E-state index in [9.17, 15) is 26.4 Å². The summed E-state index contributed by atoms with van der Waals surface area (Å²) in [5, 5.41) is 2.89. The number of hydrogen-bond acceptors (Lipinski definition) is 4. The minimum absolute atomic E-state index is 0.0208. The summed E-state index contributed by atoms with van der Waals surface area (Å²) < 4.78 is 68.8. The molecular weight excluding hydrogens is 481 g/mol. The summed E-state index contributed by atoms with van der Waals surface area (Å²) in [4.78, 5) is 17.6. The Morgan fingerprint density at radius 2 is 1.77 bits per heavy atom. The highest BCUT2D eigenvalue weighted by Crippen LogP contribution is 2.36. The van der Waals surface area contributed by atoms with Gasteiger partial charge in [0.15, 0.2) is 5.82 Å². The van der Waals surface area contributed by atoms with Gasteiger partial charge >= 0.3 is 6.18 Å². The molecule has 35 heavy (non-hydrogen) atoms. The van der Waals surface area contributed by atoms with Gasteiger partial charge in [-0.2, -0.15) is 13.2 Å². The maximum atomic E-state index is 13.5. The summed E-state index contributed by atoms with van der Waals surface area (Å²) in [6.45, 7) is 1.78. The number of aromatic nitrogens is 3. The summed E-state index contributed by atoms with van der Waals surface area (Å²) in [6, 6.07) is 14.1. The Morgan fingerprint density at radius 1 is 1.03 bits per heavy atom. The Kier molecular flexibility index (Phi) is 5.32. The number of aryl methyl sites for hydroxylation is 1. The van der Waals surface area contributed by atoms with Gasteiger partial charge in [-0.15, -0.1) is 0 Å². The molecule has 7 nitrogen and oxygen atoms in total. The molecule has 2 aromatic carbocycles. The van der Waals surface area contributed by atoms with Gasteiger partial charge in [0.2, 0.25) is 0 Å². The first-order valence-electron chi connectivity index (χ1n) is 10.6. The molecule has 0 unspecified atom stereocenters. The lowest BCUT2D eigenvalue weighted by atomic mass is 10.1. The minimum atomic E-state index is -4.56. The maximum Gasteiger partial charge on any atom is 0.416 e. The number of pyridine rings is 1. The minimum Gasteiger partial charge on any atom is -0.290 e. The van der Waals surface area contributed by atoms with Crippen LogP contribution in [-0.2, 0) is 22.6 Å². The molecule has 1 aliphatic heterocycles. The van der Waals surface area contributed by atoms with Crippen LogP contribution in [0.2, 0.25) is 0 Å². The van der Waals surface area contributed by atoms with Crippen molar-refractivity contribution in [1.29, 1.82) is 0 Å². The van der Waals surface area contributed by atoms with Crippen LogP contribution in [0.5, 0.6) is 0 Å². The van der Waals surface area contributed by atoms with E-state index in [2.05, 4.69) is 10.1 Å². The standard InChI is InChI=1S/C24H19F3N4O3S/c1-15-7-9-18(10-8-15)35(33,34)30-13-11-20-21(19-6-3-12-28-22(19)30)29-31(23(20)32)17-5-2-4-16(14-17)24(25,26)27/h2-10,12,14,29H,11,13H2,1H3. The van der Waals surface area contributed by atoms with Crippen LogP contribution in [0.15, 0.2) is 76.6 Å². The van der Waals surface area contributed by atoms with Crippen LogP contribution in [0.1, 0.15) is 16.7 Å². The van der Waals surface area contributed by atoms with Crippen LogP contribution in [0, 0.1) is 6.92 Å². The largest absolute Gasteiger partial charge is 0.416 e. The number of benzene rings is 2. The van der Waals surface area contributed by atoms with Gasteiger partial charge in [0, 0.05) is 23.9 Å². The normalized spacial score (nSPS) is 13.8. The summed E-state index contributed by atoms with van der Waals surface area (Å²) in [5.41, 5.74) is 0.428. The number of sulfonamides is 1. The van der Waals surface area contributed by atoms with E-state index in [1.807, 2.05) is 6.92 Å². The van der Waals surface area contributed by atoms with Crippen LogP contribution < -0.4 is 9.86 Å². The fourth-order valence-corrected chi connectivity index (χ4v) is 5.55. The van der Waals surface area contributed by atoms with Gasteiger partial charge in [0.05, 0.1) is 21.8 Å². The number of rotatable bonds is 3. The first-order valence-corrected chi connectivity index (χ1v) is 12.1. The van der Waals surface area contributed by atoms with E-state index in [0.717, 1.165) is 26.7 Å². The molecule has 2 aromatic heterocycles. The second-order valence-corrected chi connectivity index (χ2v) is 10.0. The highest BCUT2D eigenvalue weighted by molar-refractivity contribution is 7.92. The van der Waals surface area contributed by atoms with Gasteiger partial charge in [0.25, 0.3) is 15.6 Å². The zero-order chi connectivity index (χ0) is 25.0. The van der Waals surface area contributed by atoms with Crippen molar-refractivity contribution in [2.75, 3.05) is 10.8 Å². The van der Waals surface area contributed by atoms with E-state index >= 15 is 0 Å². The topological polar surface area (TPSA) is 88.1 Å². The van der Waals surface area contributed by atoms with E-state index < -0.39 is 27.3 Å². The molecule has 0 bridgehead atoms. The fourth-order valence-electron chi connectivity index (χ4n) is 4.11. The predicted molar refractivity (Wildman–Crippen MR) is 124 cm³/mol. The summed E-state index contributed by atoms with van der Waals surface area (Å²) in [5.74, 6) is 0.129. The van der Waals surface area contributed by atoms with Crippen LogP contribution in [0.4, 0.5) is 19.0 Å². The number of fused-ring (bicyclic) bond motifs is 3. The van der Waals surface area contributed by atoms with Gasteiger partial charge in [0.1, 0.15) is 0 Å². The zero-order valence-corrected chi connectivity index (χ0v) is 19.2. The monoisotopic (exact) mass is 500 g/mol. The molecular formula is C24H19F3N4O3S. The molecule has 11 heteroatoms. The van der Waals surface area contributed by atoms with Crippen molar-refractivity contribution in [3.63, 3.8) is 0 Å². The Bertz CT molecular complexity index is 1590. The van der Waals surface area contributed by atoms with Crippen LogP contribution in [0.25, 0.3) is 16.9 Å². The number of nitrogens with zero attached hydrogens (tertiary/aromatic N) is 3. The molecule has 5 rings (SSSR count). The molecule has 4 aromatic rings. The first-order chi connectivity index (χ1) is 16.6. The highest BCUT2D eigenvalue weighted by atomic mass is 32.2. The third kappa shape index (κ3) is 3.91. The van der Waals surface area contributed by atoms with Crippen LogP contribution in [0.3, 0.4) is 0 Å². The SMILES string of the molecule is Cc1ccc(S(=O)(=O)N2CCc3c([nH]n(-c4cccc(C(F)(F)F)c4)c3=O)-c3cccnc32)cc1.